The number of unbranched alkanes of at least 4 members (excludes halogenated alkanes) is 6. The lowest BCUT2D eigenvalue weighted by Crippen LogP contribution is -2.34. The van der Waals surface area contributed by atoms with Crippen LogP contribution in [0.5, 0.6) is 0 Å². The fourth-order valence-electron chi connectivity index (χ4n) is 5.67. The van der Waals surface area contributed by atoms with Crippen molar-refractivity contribution in [1.29, 1.82) is 0 Å². The summed E-state index contributed by atoms with van der Waals surface area (Å²) < 4.78 is 4.52. The first-order chi connectivity index (χ1) is 21.6. The second kappa shape index (κ2) is 15.2. The van der Waals surface area contributed by atoms with E-state index >= 15 is 0 Å². The van der Waals surface area contributed by atoms with Crippen LogP contribution in [0.25, 0.3) is 21.8 Å². The van der Waals surface area contributed by atoms with Crippen LogP contribution in [0.4, 0.5) is 11.4 Å². The van der Waals surface area contributed by atoms with Gasteiger partial charge in [-0.1, -0.05) is 39.5 Å². The van der Waals surface area contributed by atoms with E-state index in [1.165, 1.54) is 38.5 Å². The molecule has 0 aliphatic carbocycles. The Morgan fingerprint density at radius 1 is 0.545 bits per heavy atom. The Morgan fingerprint density at radius 3 is 1.39 bits per heavy atom. The molecule has 0 aliphatic heterocycles. The molecule has 6 nitrogen and oxygen atoms in total. The summed E-state index contributed by atoms with van der Waals surface area (Å²) in [5.74, 6) is -0.417. The number of carbonyl (C=O) groups excluding carboxylic acids is 2. The number of hydrogen-bond acceptors (Lipinski definition) is 2. The van der Waals surface area contributed by atoms with E-state index in [9.17, 15) is 9.59 Å². The Morgan fingerprint density at radius 2 is 0.977 bits per heavy atom. The first kappa shape index (κ1) is 30.9. The third-order valence-corrected chi connectivity index (χ3v) is 8.19. The van der Waals surface area contributed by atoms with Crippen molar-refractivity contribution in [1.82, 2.24) is 0 Å². The number of anilines is 2. The van der Waals surface area contributed by atoms with E-state index in [0.717, 1.165) is 59.1 Å². The van der Waals surface area contributed by atoms with Gasteiger partial charge < -0.3 is 10.6 Å². The van der Waals surface area contributed by atoms with Gasteiger partial charge in [0.1, 0.15) is 13.1 Å². The third-order valence-electron chi connectivity index (χ3n) is 8.19. The molecule has 2 N–H and O–H groups in total. The second-order valence-corrected chi connectivity index (χ2v) is 11.6. The molecule has 2 aromatic heterocycles. The van der Waals surface area contributed by atoms with Crippen LogP contribution in [0.2, 0.25) is 0 Å². The monoisotopic (exact) mass is 588 g/mol. The number of nitrogens with zero attached hydrogens (tertiary/aromatic N) is 2. The predicted molar refractivity (Wildman–Crippen MR) is 179 cm³/mol. The summed E-state index contributed by atoms with van der Waals surface area (Å²) in [4.78, 5) is 26.2. The average molecular weight is 589 g/mol. The molecule has 6 heteroatoms. The van der Waals surface area contributed by atoms with E-state index in [4.69, 9.17) is 0 Å². The molecule has 0 saturated heterocycles. The summed E-state index contributed by atoms with van der Waals surface area (Å²) in [6, 6.07) is 27.2. The minimum Gasteiger partial charge on any atom is -0.322 e. The molecule has 0 bridgehead atoms. The number of rotatable bonds is 14. The lowest BCUT2D eigenvalue weighted by atomic mass is 10.1. The molecule has 5 aromatic rings. The normalized spacial score (nSPS) is 11.1. The molecule has 0 unspecified atom stereocenters. The standard InChI is InChI=1S/C38H42N4O2/c1-3-5-7-9-23-41-25-11-13-29-19-21-33(27-35(29)41)39-37(43)31-15-17-32(18-16-31)38(44)40-34-22-20-30-14-12-26-42(36(30)28-34)24-10-8-6-4-2/h11-22,25-28H,3-10,23-24H2,1-2H3/p+2. The van der Waals surface area contributed by atoms with Crippen LogP contribution in [0, 0.1) is 0 Å². The fraction of sp³-hybridized carbons (Fsp3) is 0.316. The fourth-order valence-corrected chi connectivity index (χ4v) is 5.67. The molecule has 3 aromatic carbocycles. The maximum atomic E-state index is 13.1. The highest BCUT2D eigenvalue weighted by atomic mass is 16.2. The lowest BCUT2D eigenvalue weighted by molar-refractivity contribution is -0.672. The maximum absolute atomic E-state index is 13.1. The van der Waals surface area contributed by atoms with Gasteiger partial charge in [0.05, 0.1) is 0 Å². The summed E-state index contributed by atoms with van der Waals surface area (Å²) in [6.07, 6.45) is 13.8. The van der Waals surface area contributed by atoms with Gasteiger partial charge in [0.2, 0.25) is 11.0 Å². The Labute approximate surface area is 260 Å². The smallest absolute Gasteiger partial charge is 0.255 e. The average Bonchev–Trinajstić information content (AvgIpc) is 3.05. The zero-order valence-electron chi connectivity index (χ0n) is 26.0. The molecule has 0 saturated carbocycles. The first-order valence-electron chi connectivity index (χ1n) is 16.1. The molecule has 0 aliphatic rings. The van der Waals surface area contributed by atoms with Crippen LogP contribution in [0.3, 0.4) is 0 Å². The van der Waals surface area contributed by atoms with Crippen LogP contribution >= 0.6 is 0 Å². The maximum Gasteiger partial charge on any atom is 0.255 e. The number of carbonyl (C=O) groups is 2. The van der Waals surface area contributed by atoms with E-state index < -0.39 is 0 Å². The molecule has 0 spiro atoms. The minimum absolute atomic E-state index is 0.209. The number of hydrogen-bond donors (Lipinski definition) is 2. The molecule has 5 rings (SSSR count). The van der Waals surface area contributed by atoms with Gasteiger partial charge in [0, 0.05) is 70.4 Å². The summed E-state index contributed by atoms with van der Waals surface area (Å²) in [7, 11) is 0. The number of fused-ring (bicyclic) bond motifs is 2. The molecule has 44 heavy (non-hydrogen) atoms. The number of amides is 2. The molecular weight excluding hydrogens is 544 g/mol. The highest BCUT2D eigenvalue weighted by molar-refractivity contribution is 6.07. The summed E-state index contributed by atoms with van der Waals surface area (Å²) in [6.45, 7) is 6.35. The number of benzene rings is 3. The van der Waals surface area contributed by atoms with Crippen molar-refractivity contribution in [2.45, 2.75) is 78.3 Å². The van der Waals surface area contributed by atoms with E-state index in [1.54, 1.807) is 24.3 Å². The number of aromatic nitrogens is 2. The first-order valence-corrected chi connectivity index (χ1v) is 16.1. The number of pyridine rings is 2. The summed E-state index contributed by atoms with van der Waals surface area (Å²) >= 11 is 0. The van der Waals surface area contributed by atoms with Crippen molar-refractivity contribution in [3.63, 3.8) is 0 Å². The Bertz CT molecular complexity index is 1600. The number of nitrogens with one attached hydrogen (secondary N) is 2. The van der Waals surface area contributed by atoms with Crippen LogP contribution in [-0.2, 0) is 13.1 Å². The third kappa shape index (κ3) is 7.87. The largest absolute Gasteiger partial charge is 0.322 e. The minimum atomic E-state index is -0.209. The quantitative estimate of drug-likeness (QED) is 0.101. The lowest BCUT2D eigenvalue weighted by Gasteiger charge is -2.09. The molecule has 0 fully saturated rings. The zero-order valence-corrected chi connectivity index (χ0v) is 26.0. The van der Waals surface area contributed by atoms with Crippen molar-refractivity contribution in [2.75, 3.05) is 10.6 Å². The van der Waals surface area contributed by atoms with Crippen molar-refractivity contribution in [2.24, 2.45) is 0 Å². The van der Waals surface area contributed by atoms with Crippen LogP contribution in [-0.4, -0.2) is 11.8 Å². The SMILES string of the molecule is CCCCCC[n+]1cccc2ccc(NC(=O)c3ccc(C(=O)Nc4ccc5ccc[n+](CCCCCC)c5c4)cc3)cc21. The Kier molecular flexibility index (Phi) is 10.7. The Balaban J connectivity index is 1.23. The highest BCUT2D eigenvalue weighted by Crippen LogP contribution is 2.20. The molecule has 0 atom stereocenters. The number of aryl methyl sites for hydroxylation is 2. The topological polar surface area (TPSA) is 66.0 Å². The van der Waals surface area contributed by atoms with Gasteiger partial charge in [-0.2, -0.15) is 9.13 Å². The highest BCUT2D eigenvalue weighted by Gasteiger charge is 2.14. The second-order valence-electron chi connectivity index (χ2n) is 11.6. The predicted octanol–water partition coefficient (Wildman–Crippen LogP) is 8.23. The van der Waals surface area contributed by atoms with Crippen LogP contribution < -0.4 is 19.8 Å². The van der Waals surface area contributed by atoms with E-state index in [-0.39, 0.29) is 11.8 Å². The molecule has 226 valence electrons. The van der Waals surface area contributed by atoms with Gasteiger partial charge in [0.15, 0.2) is 12.4 Å². The van der Waals surface area contributed by atoms with Gasteiger partial charge in [-0.25, -0.2) is 0 Å². The molecule has 2 amide bonds. The summed E-state index contributed by atoms with van der Waals surface area (Å²) in [5, 5.41) is 8.35. The van der Waals surface area contributed by atoms with Crippen LogP contribution in [0.1, 0.15) is 85.9 Å². The van der Waals surface area contributed by atoms with Gasteiger partial charge in [-0.3, -0.25) is 9.59 Å². The van der Waals surface area contributed by atoms with Crippen molar-refractivity contribution < 1.29 is 18.7 Å². The molecular formula is C38H44N4O2+2. The van der Waals surface area contributed by atoms with Crippen LogP contribution in [0.15, 0.2) is 97.3 Å². The van der Waals surface area contributed by atoms with E-state index in [2.05, 4.69) is 70.3 Å². The molecule has 2 heterocycles. The summed E-state index contributed by atoms with van der Waals surface area (Å²) in [5.41, 5.74) is 4.69. The Hall–Kier alpha value is -4.58. The van der Waals surface area contributed by atoms with Gasteiger partial charge >= 0.3 is 0 Å². The van der Waals surface area contributed by atoms with Crippen molar-refractivity contribution in [3.8, 4) is 0 Å². The van der Waals surface area contributed by atoms with Crippen molar-refractivity contribution in [3.05, 3.63) is 108 Å². The zero-order chi connectivity index (χ0) is 30.7. The van der Waals surface area contributed by atoms with Gasteiger partial charge in [-0.15, -0.1) is 0 Å². The van der Waals surface area contributed by atoms with Gasteiger partial charge in [-0.05, 0) is 73.5 Å². The molecule has 0 radical (unpaired) electrons. The van der Waals surface area contributed by atoms with E-state index in [1.807, 2.05) is 36.4 Å². The van der Waals surface area contributed by atoms with Gasteiger partial charge in [0.25, 0.3) is 11.8 Å². The van der Waals surface area contributed by atoms with E-state index in [0.29, 0.717) is 11.1 Å². The van der Waals surface area contributed by atoms with Crippen molar-refractivity contribution >= 4 is 45.0 Å².